The average Bonchev–Trinajstić information content (AvgIpc) is 2.14. The lowest BCUT2D eigenvalue weighted by molar-refractivity contribution is -0.0646. The van der Waals surface area contributed by atoms with Crippen LogP contribution in [0.1, 0.15) is 41.0 Å². The minimum absolute atomic E-state index is 0.0385. The van der Waals surface area contributed by atoms with E-state index in [-0.39, 0.29) is 17.6 Å². The van der Waals surface area contributed by atoms with Crippen molar-refractivity contribution in [2.75, 3.05) is 19.8 Å². The van der Waals surface area contributed by atoms with Gasteiger partial charge in [0, 0.05) is 13.6 Å². The van der Waals surface area contributed by atoms with Crippen LogP contribution in [-0.4, -0.2) is 44.8 Å². The van der Waals surface area contributed by atoms with E-state index in [1.807, 2.05) is 13.8 Å². The molecule has 0 aromatic carbocycles. The maximum atomic E-state index is 11.4. The molecule has 1 atom stereocenters. The Kier molecular flexibility index (Phi) is 6.11. The minimum atomic E-state index is -3.15. The molecule has 0 aliphatic heterocycles. The third kappa shape index (κ3) is 5.84. The summed E-state index contributed by atoms with van der Waals surface area (Å²) >= 11 is 0. The highest BCUT2D eigenvalue weighted by molar-refractivity contribution is 7.88. The minimum Gasteiger partial charge on any atom is -0.374 e. The highest BCUT2D eigenvalue weighted by atomic mass is 32.2. The summed E-state index contributed by atoms with van der Waals surface area (Å²) in [5.74, 6) is 0. The first-order valence-corrected chi connectivity index (χ1v) is 7.92. The summed E-state index contributed by atoms with van der Waals surface area (Å²) in [6.45, 7) is 10.7. The van der Waals surface area contributed by atoms with Crippen LogP contribution in [0.2, 0.25) is 0 Å². The molecule has 0 fully saturated rings. The van der Waals surface area contributed by atoms with E-state index < -0.39 is 10.0 Å². The molecule has 0 rings (SSSR count). The molecule has 0 saturated carbocycles. The number of hydrogen-bond donors (Lipinski definition) is 0. The molecular formula is C12H27NO3S. The van der Waals surface area contributed by atoms with Crippen molar-refractivity contribution in [1.29, 1.82) is 0 Å². The summed E-state index contributed by atoms with van der Waals surface area (Å²) < 4.78 is 30.1. The number of rotatable bonds is 7. The second kappa shape index (κ2) is 6.16. The van der Waals surface area contributed by atoms with Crippen LogP contribution in [0, 0.1) is 5.41 Å². The molecule has 0 aliphatic carbocycles. The first kappa shape index (κ1) is 16.9. The molecule has 0 N–H and O–H groups in total. The van der Waals surface area contributed by atoms with Crippen LogP contribution in [-0.2, 0) is 14.8 Å². The van der Waals surface area contributed by atoms with Crippen molar-refractivity contribution in [3.63, 3.8) is 0 Å². The summed E-state index contributed by atoms with van der Waals surface area (Å²) in [6.07, 6.45) is 2.17. The second-order valence-corrected chi connectivity index (χ2v) is 7.65. The quantitative estimate of drug-likeness (QED) is 0.708. The van der Waals surface area contributed by atoms with Crippen molar-refractivity contribution in [2.24, 2.45) is 5.41 Å². The number of ether oxygens (including phenoxy) is 1. The van der Waals surface area contributed by atoms with Gasteiger partial charge in [0.1, 0.15) is 0 Å². The lowest BCUT2D eigenvalue weighted by atomic mass is 9.83. The third-order valence-corrected chi connectivity index (χ3v) is 4.49. The Labute approximate surface area is 106 Å². The summed E-state index contributed by atoms with van der Waals surface area (Å²) in [4.78, 5) is 0. The van der Waals surface area contributed by atoms with Gasteiger partial charge in [0.15, 0.2) is 0 Å². The molecule has 0 bridgehead atoms. The van der Waals surface area contributed by atoms with Crippen LogP contribution < -0.4 is 0 Å². The van der Waals surface area contributed by atoms with Crippen LogP contribution in [0.15, 0.2) is 0 Å². The molecule has 104 valence electrons. The van der Waals surface area contributed by atoms with E-state index in [4.69, 9.17) is 4.74 Å². The molecule has 1 unspecified atom stereocenters. The molecular weight excluding hydrogens is 238 g/mol. The SMILES string of the molecule is CCC(C)(C)C(CN(C)S(C)(=O)=O)OC(C)C. The third-order valence-electron chi connectivity index (χ3n) is 3.21. The molecule has 17 heavy (non-hydrogen) atoms. The van der Waals surface area contributed by atoms with E-state index in [0.717, 1.165) is 6.42 Å². The van der Waals surface area contributed by atoms with Gasteiger partial charge in [-0.2, -0.15) is 0 Å². The maximum Gasteiger partial charge on any atom is 0.211 e. The molecule has 0 radical (unpaired) electrons. The summed E-state index contributed by atoms with van der Waals surface area (Å²) in [5.41, 5.74) is -0.0385. The van der Waals surface area contributed by atoms with E-state index in [1.165, 1.54) is 10.6 Å². The van der Waals surface area contributed by atoms with E-state index >= 15 is 0 Å². The summed E-state index contributed by atoms with van der Waals surface area (Å²) in [6, 6.07) is 0. The van der Waals surface area contributed by atoms with Crippen molar-refractivity contribution in [2.45, 2.75) is 53.2 Å². The van der Waals surface area contributed by atoms with Gasteiger partial charge < -0.3 is 4.74 Å². The number of nitrogens with zero attached hydrogens (tertiary/aromatic N) is 1. The Hall–Kier alpha value is -0.130. The van der Waals surface area contributed by atoms with Crippen LogP contribution in [0.3, 0.4) is 0 Å². The van der Waals surface area contributed by atoms with Crippen molar-refractivity contribution < 1.29 is 13.2 Å². The molecule has 0 heterocycles. The number of likely N-dealkylation sites (N-methyl/N-ethyl adjacent to an activating group) is 1. The van der Waals surface area contributed by atoms with Gasteiger partial charge in [0.05, 0.1) is 18.5 Å². The lowest BCUT2D eigenvalue weighted by Gasteiger charge is -2.36. The fourth-order valence-electron chi connectivity index (χ4n) is 1.40. The molecule has 0 aliphatic rings. The largest absolute Gasteiger partial charge is 0.374 e. The normalized spacial score (nSPS) is 15.6. The smallest absolute Gasteiger partial charge is 0.211 e. The standard InChI is InChI=1S/C12H27NO3S/c1-8-12(4,5)11(16-10(2)3)9-13(6)17(7,14)15/h10-11H,8-9H2,1-7H3. The first-order valence-electron chi connectivity index (χ1n) is 6.07. The van der Waals surface area contributed by atoms with Crippen molar-refractivity contribution in [3.8, 4) is 0 Å². The predicted molar refractivity (Wildman–Crippen MR) is 71.6 cm³/mol. The first-order chi connectivity index (χ1) is 7.50. The van der Waals surface area contributed by atoms with Gasteiger partial charge in [-0.1, -0.05) is 20.8 Å². The van der Waals surface area contributed by atoms with Gasteiger partial charge in [-0.25, -0.2) is 12.7 Å². The highest BCUT2D eigenvalue weighted by Crippen LogP contribution is 2.29. The number of sulfonamides is 1. The summed E-state index contributed by atoms with van der Waals surface area (Å²) in [5, 5.41) is 0. The lowest BCUT2D eigenvalue weighted by Crippen LogP contribution is -2.43. The van der Waals surface area contributed by atoms with Gasteiger partial charge >= 0.3 is 0 Å². The van der Waals surface area contributed by atoms with Gasteiger partial charge in [0.25, 0.3) is 0 Å². The van der Waals surface area contributed by atoms with Gasteiger partial charge in [-0.15, -0.1) is 0 Å². The van der Waals surface area contributed by atoms with Crippen LogP contribution >= 0.6 is 0 Å². The van der Waals surface area contributed by atoms with Crippen LogP contribution in [0.25, 0.3) is 0 Å². The van der Waals surface area contributed by atoms with Gasteiger partial charge in [-0.05, 0) is 25.7 Å². The fourth-order valence-corrected chi connectivity index (χ4v) is 1.81. The topological polar surface area (TPSA) is 46.6 Å². The maximum absolute atomic E-state index is 11.4. The molecule has 0 aromatic rings. The highest BCUT2D eigenvalue weighted by Gasteiger charge is 2.32. The van der Waals surface area contributed by atoms with Gasteiger partial charge in [-0.3, -0.25) is 0 Å². The van der Waals surface area contributed by atoms with Crippen LogP contribution in [0.4, 0.5) is 0 Å². The predicted octanol–water partition coefficient (Wildman–Crippen LogP) is 2.11. The van der Waals surface area contributed by atoms with Crippen molar-refractivity contribution in [1.82, 2.24) is 4.31 Å². The van der Waals surface area contributed by atoms with E-state index in [1.54, 1.807) is 7.05 Å². The van der Waals surface area contributed by atoms with E-state index in [2.05, 4.69) is 20.8 Å². The summed E-state index contributed by atoms with van der Waals surface area (Å²) in [7, 11) is -1.55. The van der Waals surface area contributed by atoms with E-state index in [9.17, 15) is 8.42 Å². The van der Waals surface area contributed by atoms with Crippen molar-refractivity contribution in [3.05, 3.63) is 0 Å². The van der Waals surface area contributed by atoms with Gasteiger partial charge in [0.2, 0.25) is 10.0 Å². The van der Waals surface area contributed by atoms with E-state index in [0.29, 0.717) is 6.54 Å². The second-order valence-electron chi connectivity index (χ2n) is 5.56. The molecule has 5 heteroatoms. The average molecular weight is 265 g/mol. The van der Waals surface area contributed by atoms with Crippen LogP contribution in [0.5, 0.6) is 0 Å². The Morgan fingerprint density at radius 3 is 2.06 bits per heavy atom. The molecule has 0 aromatic heterocycles. The Morgan fingerprint density at radius 1 is 1.29 bits per heavy atom. The van der Waals surface area contributed by atoms with Crippen molar-refractivity contribution >= 4 is 10.0 Å². The molecule has 0 saturated heterocycles. The zero-order valence-electron chi connectivity index (χ0n) is 12.1. The Balaban J connectivity index is 4.84. The Morgan fingerprint density at radius 2 is 1.76 bits per heavy atom. The zero-order valence-corrected chi connectivity index (χ0v) is 13.0. The monoisotopic (exact) mass is 265 g/mol. The molecule has 0 spiro atoms. The number of hydrogen-bond acceptors (Lipinski definition) is 3. The fraction of sp³-hybridized carbons (Fsp3) is 1.00. The zero-order chi connectivity index (χ0) is 13.9. The Bertz CT molecular complexity index is 323. The molecule has 0 amide bonds. The molecule has 4 nitrogen and oxygen atoms in total.